The number of rotatable bonds is 6. The third-order valence-corrected chi connectivity index (χ3v) is 3.85. The second-order valence-electron chi connectivity index (χ2n) is 4.93. The van der Waals surface area contributed by atoms with E-state index in [0.29, 0.717) is 24.2 Å². The van der Waals surface area contributed by atoms with Gasteiger partial charge in [0.05, 0.1) is 6.54 Å². The van der Waals surface area contributed by atoms with Gasteiger partial charge in [-0.1, -0.05) is 18.1 Å². The molecule has 0 aliphatic carbocycles. The van der Waals surface area contributed by atoms with Crippen molar-refractivity contribution >= 4 is 41.3 Å². The van der Waals surface area contributed by atoms with Gasteiger partial charge in [-0.2, -0.15) is 4.98 Å². The molecule has 1 atom stereocenters. The normalized spacial score (nSPS) is 12.6. The molecule has 1 unspecified atom stereocenters. The summed E-state index contributed by atoms with van der Waals surface area (Å²) >= 11 is 1.80. The molecule has 0 spiro atoms. The Morgan fingerprint density at radius 1 is 1.45 bits per heavy atom. The largest absolute Gasteiger partial charge is 0.356 e. The average molecular weight is 435 g/mol. The third kappa shape index (κ3) is 6.30. The van der Waals surface area contributed by atoms with E-state index in [2.05, 4.69) is 50.2 Å². The van der Waals surface area contributed by atoms with Crippen molar-refractivity contribution in [3.05, 3.63) is 34.1 Å². The Morgan fingerprint density at radius 2 is 2.27 bits per heavy atom. The second kappa shape index (κ2) is 9.78. The first-order valence-electron chi connectivity index (χ1n) is 6.93. The first-order valence-corrected chi connectivity index (χ1v) is 7.81. The lowest BCUT2D eigenvalue weighted by molar-refractivity contribution is 0.371. The molecule has 0 saturated heterocycles. The van der Waals surface area contributed by atoms with E-state index < -0.39 is 0 Å². The van der Waals surface area contributed by atoms with Crippen LogP contribution in [0.1, 0.15) is 23.5 Å². The van der Waals surface area contributed by atoms with Crippen LogP contribution in [0.2, 0.25) is 0 Å². The highest BCUT2D eigenvalue weighted by Crippen LogP contribution is 2.13. The zero-order chi connectivity index (χ0) is 15.1. The first kappa shape index (κ1) is 18.9. The van der Waals surface area contributed by atoms with Crippen molar-refractivity contribution in [2.45, 2.75) is 26.8 Å². The molecule has 0 bridgehead atoms. The maximum atomic E-state index is 5.05. The molecule has 2 aromatic heterocycles. The smallest absolute Gasteiger partial charge is 0.246 e. The highest BCUT2D eigenvalue weighted by Gasteiger charge is 2.07. The summed E-state index contributed by atoms with van der Waals surface area (Å²) in [5.41, 5.74) is 0. The van der Waals surface area contributed by atoms with Crippen molar-refractivity contribution in [3.8, 4) is 0 Å². The number of halogens is 1. The molecule has 22 heavy (non-hydrogen) atoms. The zero-order valence-corrected chi connectivity index (χ0v) is 16.1. The van der Waals surface area contributed by atoms with Crippen LogP contribution in [0, 0.1) is 12.8 Å². The van der Waals surface area contributed by atoms with Crippen LogP contribution in [0.3, 0.4) is 0 Å². The van der Waals surface area contributed by atoms with Crippen LogP contribution in [-0.4, -0.2) is 29.7 Å². The Bertz CT molecular complexity index is 570. The lowest BCUT2D eigenvalue weighted by atomic mass is 10.1. The van der Waals surface area contributed by atoms with Gasteiger partial charge in [0, 0.05) is 18.5 Å². The van der Waals surface area contributed by atoms with E-state index in [1.165, 1.54) is 4.88 Å². The summed E-state index contributed by atoms with van der Waals surface area (Å²) < 4.78 is 5.05. The number of aliphatic imine (C=N–C) groups is 1. The molecule has 0 aliphatic heterocycles. The van der Waals surface area contributed by atoms with Gasteiger partial charge in [0.2, 0.25) is 5.89 Å². The molecular formula is C14H22IN5OS. The van der Waals surface area contributed by atoms with Crippen LogP contribution in [0.4, 0.5) is 0 Å². The lowest BCUT2D eigenvalue weighted by Crippen LogP contribution is -2.39. The number of nitrogens with zero attached hydrogens (tertiary/aromatic N) is 3. The molecule has 2 rings (SSSR count). The van der Waals surface area contributed by atoms with E-state index in [0.717, 1.165) is 18.9 Å². The maximum Gasteiger partial charge on any atom is 0.246 e. The predicted octanol–water partition coefficient (Wildman–Crippen LogP) is 2.60. The van der Waals surface area contributed by atoms with Crippen molar-refractivity contribution in [2.24, 2.45) is 10.9 Å². The third-order valence-electron chi connectivity index (χ3n) is 2.95. The Balaban J connectivity index is 0.00000242. The SMILES string of the molecule is CN=C(NCc1nc(C)no1)NCC(C)Cc1cccs1.I. The minimum Gasteiger partial charge on any atom is -0.356 e. The molecule has 0 aliphatic rings. The minimum absolute atomic E-state index is 0. The molecule has 2 N–H and O–H groups in total. The van der Waals surface area contributed by atoms with E-state index in [4.69, 9.17) is 4.52 Å². The van der Waals surface area contributed by atoms with Crippen LogP contribution in [0.5, 0.6) is 0 Å². The Kier molecular flexibility index (Phi) is 8.39. The average Bonchev–Trinajstić information content (AvgIpc) is 3.11. The molecule has 0 radical (unpaired) electrons. The Morgan fingerprint density at radius 3 is 2.86 bits per heavy atom. The van der Waals surface area contributed by atoms with E-state index in [1.54, 1.807) is 25.3 Å². The summed E-state index contributed by atoms with van der Waals surface area (Å²) in [6.45, 7) is 5.36. The van der Waals surface area contributed by atoms with Crippen LogP contribution in [0.25, 0.3) is 0 Å². The highest BCUT2D eigenvalue weighted by atomic mass is 127. The summed E-state index contributed by atoms with van der Waals surface area (Å²) in [6, 6.07) is 4.26. The fourth-order valence-corrected chi connectivity index (χ4v) is 2.78. The molecule has 2 heterocycles. The van der Waals surface area contributed by atoms with Crippen LogP contribution in [-0.2, 0) is 13.0 Å². The van der Waals surface area contributed by atoms with Crippen molar-refractivity contribution in [1.29, 1.82) is 0 Å². The quantitative estimate of drug-likeness (QED) is 0.415. The van der Waals surface area contributed by atoms with Crippen LogP contribution >= 0.6 is 35.3 Å². The van der Waals surface area contributed by atoms with E-state index >= 15 is 0 Å². The summed E-state index contributed by atoms with van der Waals surface area (Å²) in [7, 11) is 1.75. The van der Waals surface area contributed by atoms with Gasteiger partial charge in [0.15, 0.2) is 11.8 Å². The predicted molar refractivity (Wildman–Crippen MR) is 99.8 cm³/mol. The highest BCUT2D eigenvalue weighted by molar-refractivity contribution is 14.0. The van der Waals surface area contributed by atoms with Gasteiger partial charge in [0.25, 0.3) is 0 Å². The molecule has 0 amide bonds. The van der Waals surface area contributed by atoms with Crippen molar-refractivity contribution in [2.75, 3.05) is 13.6 Å². The molecule has 8 heteroatoms. The van der Waals surface area contributed by atoms with Crippen molar-refractivity contribution in [1.82, 2.24) is 20.8 Å². The fourth-order valence-electron chi connectivity index (χ4n) is 1.91. The molecule has 0 aromatic carbocycles. The first-order chi connectivity index (χ1) is 10.2. The molecule has 6 nitrogen and oxygen atoms in total. The molecular weight excluding hydrogens is 413 g/mol. The van der Waals surface area contributed by atoms with Gasteiger partial charge < -0.3 is 15.2 Å². The number of thiophene rings is 1. The molecule has 122 valence electrons. The standard InChI is InChI=1S/C14H21N5OS.HI/c1-10(7-12-5-4-6-21-12)8-16-14(15-3)17-9-13-18-11(2)19-20-13;/h4-6,10H,7-9H2,1-3H3,(H2,15,16,17);1H. The number of aryl methyl sites for hydroxylation is 1. The molecule has 2 aromatic rings. The monoisotopic (exact) mass is 435 g/mol. The number of aromatic nitrogens is 2. The summed E-state index contributed by atoms with van der Waals surface area (Å²) in [6.07, 6.45) is 1.07. The second-order valence-corrected chi connectivity index (χ2v) is 5.96. The van der Waals surface area contributed by atoms with Crippen LogP contribution in [0.15, 0.2) is 27.0 Å². The Labute approximate surface area is 151 Å². The summed E-state index contributed by atoms with van der Waals surface area (Å²) in [4.78, 5) is 9.74. The lowest BCUT2D eigenvalue weighted by Gasteiger charge is -2.14. The topological polar surface area (TPSA) is 75.3 Å². The maximum absolute atomic E-state index is 5.05. The van der Waals surface area contributed by atoms with Gasteiger partial charge >= 0.3 is 0 Å². The zero-order valence-electron chi connectivity index (χ0n) is 13.0. The van der Waals surface area contributed by atoms with Crippen molar-refractivity contribution < 1.29 is 4.52 Å². The molecule has 0 saturated carbocycles. The van der Waals surface area contributed by atoms with Crippen LogP contribution < -0.4 is 10.6 Å². The van der Waals surface area contributed by atoms with Gasteiger partial charge in [-0.3, -0.25) is 4.99 Å². The van der Waals surface area contributed by atoms with E-state index in [-0.39, 0.29) is 24.0 Å². The van der Waals surface area contributed by atoms with Gasteiger partial charge in [0.1, 0.15) is 0 Å². The van der Waals surface area contributed by atoms with E-state index in [1.807, 2.05) is 0 Å². The van der Waals surface area contributed by atoms with Crippen molar-refractivity contribution in [3.63, 3.8) is 0 Å². The van der Waals surface area contributed by atoms with Gasteiger partial charge in [-0.15, -0.1) is 35.3 Å². The van der Waals surface area contributed by atoms with Gasteiger partial charge in [-0.05, 0) is 30.7 Å². The van der Waals surface area contributed by atoms with Gasteiger partial charge in [-0.25, -0.2) is 0 Å². The number of hydrogen-bond acceptors (Lipinski definition) is 5. The summed E-state index contributed by atoms with van der Waals surface area (Å²) in [5, 5.41) is 12.3. The number of hydrogen-bond donors (Lipinski definition) is 2. The fraction of sp³-hybridized carbons (Fsp3) is 0.500. The minimum atomic E-state index is 0. The Hall–Kier alpha value is -1.16. The number of nitrogens with one attached hydrogen (secondary N) is 2. The summed E-state index contributed by atoms with van der Waals surface area (Å²) in [5.74, 6) is 2.47. The number of guanidine groups is 1. The van der Waals surface area contributed by atoms with E-state index in [9.17, 15) is 0 Å². The molecule has 0 fully saturated rings.